The molecule has 0 radical (unpaired) electrons. The number of hydrogen-bond donors (Lipinski definition) is 2. The van der Waals surface area contributed by atoms with Gasteiger partial charge >= 0.3 is 0 Å². The zero-order chi connectivity index (χ0) is 16.7. The lowest BCUT2D eigenvalue weighted by molar-refractivity contribution is 0.556. The van der Waals surface area contributed by atoms with Crippen LogP contribution < -0.4 is 10.6 Å². The number of aliphatic imine (C=N–C) groups is 1. The van der Waals surface area contributed by atoms with Crippen molar-refractivity contribution in [3.63, 3.8) is 0 Å². The van der Waals surface area contributed by atoms with Crippen LogP contribution in [0.4, 0.5) is 8.78 Å². The highest BCUT2D eigenvalue weighted by molar-refractivity contribution is 14.0. The summed E-state index contributed by atoms with van der Waals surface area (Å²) in [5.41, 5.74) is 1.37. The first-order valence-electron chi connectivity index (χ1n) is 7.39. The summed E-state index contributed by atoms with van der Waals surface area (Å²) in [5.74, 6) is -0.621. The SMILES string of the molecule is CN=C(NCc1ccccn1)NCC(C)c1ccc(F)cc1F.I. The van der Waals surface area contributed by atoms with Crippen molar-refractivity contribution in [1.82, 2.24) is 15.6 Å². The van der Waals surface area contributed by atoms with E-state index in [2.05, 4.69) is 20.6 Å². The highest BCUT2D eigenvalue weighted by Gasteiger charge is 2.12. The summed E-state index contributed by atoms with van der Waals surface area (Å²) in [6.07, 6.45) is 1.73. The minimum absolute atomic E-state index is 0. The first-order chi connectivity index (χ1) is 11.1. The van der Waals surface area contributed by atoms with Gasteiger partial charge in [-0.1, -0.05) is 19.1 Å². The second kappa shape index (κ2) is 10.2. The molecule has 2 N–H and O–H groups in total. The molecular formula is C17H21F2IN4. The predicted molar refractivity (Wildman–Crippen MR) is 103 cm³/mol. The van der Waals surface area contributed by atoms with Crippen LogP contribution in [0.15, 0.2) is 47.6 Å². The molecule has 7 heteroatoms. The van der Waals surface area contributed by atoms with E-state index < -0.39 is 11.6 Å². The number of aromatic nitrogens is 1. The molecule has 2 aromatic rings. The molecule has 24 heavy (non-hydrogen) atoms. The van der Waals surface area contributed by atoms with Crippen LogP contribution in [0.1, 0.15) is 24.1 Å². The molecule has 0 spiro atoms. The van der Waals surface area contributed by atoms with Gasteiger partial charge in [0, 0.05) is 31.8 Å². The summed E-state index contributed by atoms with van der Waals surface area (Å²) in [4.78, 5) is 8.34. The molecule has 1 aromatic carbocycles. The molecule has 130 valence electrons. The predicted octanol–water partition coefficient (Wildman–Crippen LogP) is 3.45. The van der Waals surface area contributed by atoms with Gasteiger partial charge in [0.15, 0.2) is 5.96 Å². The largest absolute Gasteiger partial charge is 0.356 e. The summed E-state index contributed by atoms with van der Waals surface area (Å²) in [6, 6.07) is 9.33. The molecule has 0 saturated carbocycles. The lowest BCUT2D eigenvalue weighted by atomic mass is 10.0. The van der Waals surface area contributed by atoms with Gasteiger partial charge in [-0.05, 0) is 23.8 Å². The zero-order valence-electron chi connectivity index (χ0n) is 13.6. The fourth-order valence-electron chi connectivity index (χ4n) is 2.16. The number of halogens is 3. The second-order valence-electron chi connectivity index (χ2n) is 5.19. The molecule has 0 aliphatic heterocycles. The van der Waals surface area contributed by atoms with Crippen molar-refractivity contribution in [3.05, 3.63) is 65.5 Å². The van der Waals surface area contributed by atoms with E-state index in [0.29, 0.717) is 24.6 Å². The normalized spacial score (nSPS) is 12.2. The Morgan fingerprint density at radius 2 is 2.00 bits per heavy atom. The smallest absolute Gasteiger partial charge is 0.191 e. The number of nitrogens with zero attached hydrogens (tertiary/aromatic N) is 2. The quantitative estimate of drug-likeness (QED) is 0.421. The Morgan fingerprint density at radius 1 is 1.21 bits per heavy atom. The van der Waals surface area contributed by atoms with Crippen molar-refractivity contribution >= 4 is 29.9 Å². The maximum absolute atomic E-state index is 13.8. The zero-order valence-corrected chi connectivity index (χ0v) is 15.9. The van der Waals surface area contributed by atoms with Crippen LogP contribution in [0.25, 0.3) is 0 Å². The maximum Gasteiger partial charge on any atom is 0.191 e. The highest BCUT2D eigenvalue weighted by Crippen LogP contribution is 2.19. The van der Waals surface area contributed by atoms with Crippen molar-refractivity contribution in [2.75, 3.05) is 13.6 Å². The molecule has 2 rings (SSSR count). The third-order valence-corrected chi connectivity index (χ3v) is 3.46. The number of benzene rings is 1. The molecule has 0 bridgehead atoms. The first kappa shape index (κ1) is 20.3. The van der Waals surface area contributed by atoms with Crippen molar-refractivity contribution in [1.29, 1.82) is 0 Å². The van der Waals surface area contributed by atoms with Gasteiger partial charge in [0.2, 0.25) is 0 Å². The number of hydrogen-bond acceptors (Lipinski definition) is 2. The number of pyridine rings is 1. The van der Waals surface area contributed by atoms with E-state index in [9.17, 15) is 8.78 Å². The van der Waals surface area contributed by atoms with E-state index in [1.54, 1.807) is 13.2 Å². The van der Waals surface area contributed by atoms with E-state index in [-0.39, 0.29) is 29.9 Å². The Bertz CT molecular complexity index is 665. The summed E-state index contributed by atoms with van der Waals surface area (Å²) in [5, 5.41) is 6.27. The van der Waals surface area contributed by atoms with Crippen LogP contribution in [0, 0.1) is 11.6 Å². The van der Waals surface area contributed by atoms with Crippen molar-refractivity contribution in [3.8, 4) is 0 Å². The van der Waals surface area contributed by atoms with Gasteiger partial charge in [0.05, 0.1) is 12.2 Å². The molecule has 4 nitrogen and oxygen atoms in total. The lowest BCUT2D eigenvalue weighted by Crippen LogP contribution is -2.38. The Kier molecular flexibility index (Phi) is 8.59. The van der Waals surface area contributed by atoms with E-state index >= 15 is 0 Å². The summed E-state index contributed by atoms with van der Waals surface area (Å²) in [6.45, 7) is 2.89. The van der Waals surface area contributed by atoms with Crippen molar-refractivity contribution in [2.24, 2.45) is 4.99 Å². The average molecular weight is 446 g/mol. The van der Waals surface area contributed by atoms with Crippen molar-refractivity contribution < 1.29 is 8.78 Å². The third kappa shape index (κ3) is 6.03. The van der Waals surface area contributed by atoms with E-state index in [1.165, 1.54) is 12.1 Å². The van der Waals surface area contributed by atoms with E-state index in [4.69, 9.17) is 0 Å². The molecule has 0 aliphatic carbocycles. The van der Waals surface area contributed by atoms with Crippen molar-refractivity contribution in [2.45, 2.75) is 19.4 Å². The molecule has 0 fully saturated rings. The highest BCUT2D eigenvalue weighted by atomic mass is 127. The van der Waals surface area contributed by atoms with Crippen LogP contribution in [-0.4, -0.2) is 24.5 Å². The van der Waals surface area contributed by atoms with Gasteiger partial charge in [-0.3, -0.25) is 9.98 Å². The van der Waals surface area contributed by atoms with Gasteiger partial charge in [-0.15, -0.1) is 24.0 Å². The van der Waals surface area contributed by atoms with Gasteiger partial charge in [0.1, 0.15) is 11.6 Å². The Balaban J connectivity index is 0.00000288. The Labute approximate surface area is 157 Å². The molecule has 0 amide bonds. The summed E-state index contributed by atoms with van der Waals surface area (Å²) >= 11 is 0. The van der Waals surface area contributed by atoms with E-state index in [0.717, 1.165) is 11.8 Å². The number of nitrogens with one attached hydrogen (secondary N) is 2. The van der Waals surface area contributed by atoms with E-state index in [1.807, 2.05) is 25.1 Å². The van der Waals surface area contributed by atoms with Crippen LogP contribution >= 0.6 is 24.0 Å². The molecule has 1 unspecified atom stereocenters. The fraction of sp³-hybridized carbons (Fsp3) is 0.294. The Morgan fingerprint density at radius 3 is 2.62 bits per heavy atom. The first-order valence-corrected chi connectivity index (χ1v) is 7.39. The number of rotatable bonds is 5. The van der Waals surface area contributed by atoms with Crippen LogP contribution in [0.2, 0.25) is 0 Å². The molecule has 1 atom stereocenters. The average Bonchev–Trinajstić information content (AvgIpc) is 2.55. The topological polar surface area (TPSA) is 49.3 Å². The molecular weight excluding hydrogens is 425 g/mol. The Hall–Kier alpha value is -1.77. The molecule has 1 heterocycles. The fourth-order valence-corrected chi connectivity index (χ4v) is 2.16. The van der Waals surface area contributed by atoms with Gasteiger partial charge in [0.25, 0.3) is 0 Å². The third-order valence-electron chi connectivity index (χ3n) is 3.46. The summed E-state index contributed by atoms with van der Waals surface area (Å²) < 4.78 is 26.7. The monoisotopic (exact) mass is 446 g/mol. The molecule has 1 aromatic heterocycles. The van der Waals surface area contributed by atoms with Gasteiger partial charge in [-0.25, -0.2) is 8.78 Å². The summed E-state index contributed by atoms with van der Waals surface area (Å²) in [7, 11) is 1.66. The second-order valence-corrected chi connectivity index (χ2v) is 5.19. The molecule has 0 aliphatic rings. The minimum atomic E-state index is -0.570. The van der Waals surface area contributed by atoms with Crippen LogP contribution in [-0.2, 0) is 6.54 Å². The standard InChI is InChI=1S/C17H20F2N4.HI/c1-12(15-7-6-13(18)9-16(15)19)10-22-17(20-2)23-11-14-5-3-4-8-21-14;/h3-9,12H,10-11H2,1-2H3,(H2,20,22,23);1H. The minimum Gasteiger partial charge on any atom is -0.356 e. The van der Waals surface area contributed by atoms with Gasteiger partial charge < -0.3 is 10.6 Å². The van der Waals surface area contributed by atoms with Crippen LogP contribution in [0.5, 0.6) is 0 Å². The molecule has 0 saturated heterocycles. The van der Waals surface area contributed by atoms with Gasteiger partial charge in [-0.2, -0.15) is 0 Å². The van der Waals surface area contributed by atoms with Crippen LogP contribution in [0.3, 0.4) is 0 Å². The number of guanidine groups is 1. The lowest BCUT2D eigenvalue weighted by Gasteiger charge is -2.17. The maximum atomic E-state index is 13.8.